The summed E-state index contributed by atoms with van der Waals surface area (Å²) in [6.45, 7) is 5.13. The highest BCUT2D eigenvalue weighted by atomic mass is 35.5. The Bertz CT molecular complexity index is 1180. The van der Waals surface area contributed by atoms with Gasteiger partial charge in [0.2, 0.25) is 5.91 Å². The minimum absolute atomic E-state index is 0.0699. The zero-order chi connectivity index (χ0) is 21.1. The largest absolute Gasteiger partial charge is 0.323 e. The van der Waals surface area contributed by atoms with Crippen LogP contribution >= 0.6 is 11.6 Å². The van der Waals surface area contributed by atoms with Crippen LogP contribution in [0.25, 0.3) is 10.9 Å². The lowest BCUT2D eigenvalue weighted by Crippen LogP contribution is -2.16. The maximum atomic E-state index is 12.6. The highest BCUT2D eigenvalue weighted by molar-refractivity contribution is 6.34. The first kappa shape index (κ1) is 20.2. The predicted molar refractivity (Wildman–Crippen MR) is 120 cm³/mol. The summed E-state index contributed by atoms with van der Waals surface area (Å²) in [5, 5.41) is 13.3. The highest BCUT2D eigenvalue weighted by Gasteiger charge is 2.15. The first-order chi connectivity index (χ1) is 14.5. The number of halogens is 1. The first-order valence-electron chi connectivity index (χ1n) is 10.0. The summed E-state index contributed by atoms with van der Waals surface area (Å²) >= 11 is 6.20. The number of nitrogens with zero attached hydrogens (tertiary/aromatic N) is 4. The molecule has 2 heterocycles. The van der Waals surface area contributed by atoms with E-state index >= 15 is 0 Å². The molecule has 0 bridgehead atoms. The van der Waals surface area contributed by atoms with Gasteiger partial charge in [0, 0.05) is 18.4 Å². The van der Waals surface area contributed by atoms with Crippen molar-refractivity contribution in [3.63, 3.8) is 0 Å². The van der Waals surface area contributed by atoms with Crippen LogP contribution in [-0.4, -0.2) is 25.5 Å². The third-order valence-electron chi connectivity index (χ3n) is 5.26. The standard InChI is InChI=1S/C23H24ClN5O/c1-16-22(17(2)28(26-16)14-12-18-8-4-3-5-9-18)25-21(30)13-15-29-20-11-7-6-10-19(20)23(24)27-29/h3-11H,12-15H2,1-2H3,(H,25,30). The third kappa shape index (κ3) is 4.24. The fourth-order valence-corrected chi connectivity index (χ4v) is 3.89. The second-order valence-electron chi connectivity index (χ2n) is 7.33. The zero-order valence-corrected chi connectivity index (χ0v) is 17.9. The number of para-hydroxylation sites is 1. The molecule has 0 aliphatic carbocycles. The number of carbonyl (C=O) groups excluding carboxylic acids is 1. The molecule has 30 heavy (non-hydrogen) atoms. The number of nitrogens with one attached hydrogen (secondary N) is 1. The number of rotatable bonds is 7. The minimum Gasteiger partial charge on any atom is -0.323 e. The number of benzene rings is 2. The Kier molecular flexibility index (Phi) is 5.86. The number of hydrogen-bond acceptors (Lipinski definition) is 3. The summed E-state index contributed by atoms with van der Waals surface area (Å²) in [5.41, 5.74) is 4.76. The van der Waals surface area contributed by atoms with Gasteiger partial charge in [0.15, 0.2) is 5.15 Å². The summed E-state index contributed by atoms with van der Waals surface area (Å²) in [4.78, 5) is 12.6. The number of aromatic nitrogens is 4. The smallest absolute Gasteiger partial charge is 0.226 e. The number of amides is 1. The number of anilines is 1. The lowest BCUT2D eigenvalue weighted by atomic mass is 10.1. The summed E-state index contributed by atoms with van der Waals surface area (Å²) in [7, 11) is 0. The van der Waals surface area contributed by atoms with E-state index in [1.807, 2.05) is 61.0 Å². The van der Waals surface area contributed by atoms with Crippen molar-refractivity contribution < 1.29 is 4.79 Å². The van der Waals surface area contributed by atoms with Crippen molar-refractivity contribution in [2.75, 3.05) is 5.32 Å². The topological polar surface area (TPSA) is 64.7 Å². The van der Waals surface area contributed by atoms with Crippen molar-refractivity contribution in [1.82, 2.24) is 19.6 Å². The van der Waals surface area contributed by atoms with E-state index in [4.69, 9.17) is 11.6 Å². The van der Waals surface area contributed by atoms with E-state index in [9.17, 15) is 4.79 Å². The molecule has 2 aromatic carbocycles. The van der Waals surface area contributed by atoms with Gasteiger partial charge in [0.1, 0.15) is 0 Å². The molecule has 4 aromatic rings. The Morgan fingerprint density at radius 1 is 0.967 bits per heavy atom. The summed E-state index contributed by atoms with van der Waals surface area (Å²) < 4.78 is 3.74. The molecule has 0 saturated carbocycles. The van der Waals surface area contributed by atoms with E-state index in [2.05, 4.69) is 27.6 Å². The molecule has 0 radical (unpaired) electrons. The number of aryl methyl sites for hydroxylation is 4. The molecule has 0 unspecified atom stereocenters. The summed E-state index contributed by atoms with van der Waals surface area (Å²) in [6, 6.07) is 18.1. The normalized spacial score (nSPS) is 11.2. The van der Waals surface area contributed by atoms with Crippen molar-refractivity contribution in [3.05, 3.63) is 76.7 Å². The SMILES string of the molecule is Cc1nn(CCc2ccccc2)c(C)c1NC(=O)CCn1nc(Cl)c2ccccc21. The molecule has 154 valence electrons. The van der Waals surface area contributed by atoms with Crippen LogP contribution in [0.2, 0.25) is 5.15 Å². The molecule has 0 spiro atoms. The molecule has 6 nitrogen and oxygen atoms in total. The van der Waals surface area contributed by atoms with E-state index in [1.165, 1.54) is 5.56 Å². The summed E-state index contributed by atoms with van der Waals surface area (Å²) in [5.74, 6) is -0.0699. The van der Waals surface area contributed by atoms with Gasteiger partial charge in [-0.3, -0.25) is 14.2 Å². The molecule has 2 aromatic heterocycles. The first-order valence-corrected chi connectivity index (χ1v) is 10.4. The average molecular weight is 422 g/mol. The molecular weight excluding hydrogens is 398 g/mol. The van der Waals surface area contributed by atoms with Crippen LogP contribution in [0.15, 0.2) is 54.6 Å². The Morgan fingerprint density at radius 2 is 1.70 bits per heavy atom. The second kappa shape index (κ2) is 8.71. The second-order valence-corrected chi connectivity index (χ2v) is 7.69. The van der Waals surface area contributed by atoms with Crippen LogP contribution in [0.4, 0.5) is 5.69 Å². The Labute approximate surface area is 180 Å². The highest BCUT2D eigenvalue weighted by Crippen LogP contribution is 2.23. The molecule has 0 saturated heterocycles. The van der Waals surface area contributed by atoms with Crippen LogP contribution < -0.4 is 5.32 Å². The van der Waals surface area contributed by atoms with Crippen molar-refractivity contribution in [2.45, 2.75) is 39.8 Å². The van der Waals surface area contributed by atoms with E-state index in [-0.39, 0.29) is 5.91 Å². The minimum atomic E-state index is -0.0699. The molecule has 0 atom stereocenters. The van der Waals surface area contributed by atoms with Gasteiger partial charge >= 0.3 is 0 Å². The van der Waals surface area contributed by atoms with Crippen LogP contribution in [0.3, 0.4) is 0 Å². The molecule has 0 aliphatic heterocycles. The van der Waals surface area contributed by atoms with Crippen LogP contribution in [0.1, 0.15) is 23.4 Å². The molecule has 0 aliphatic rings. The van der Waals surface area contributed by atoms with E-state index in [0.717, 1.165) is 40.9 Å². The summed E-state index contributed by atoms with van der Waals surface area (Å²) in [6.07, 6.45) is 1.19. The molecule has 1 N–H and O–H groups in total. The predicted octanol–water partition coefficient (Wildman–Crippen LogP) is 4.77. The number of fused-ring (bicyclic) bond motifs is 1. The molecule has 0 fully saturated rings. The molecule has 7 heteroatoms. The average Bonchev–Trinajstić information content (AvgIpc) is 3.22. The fourth-order valence-electron chi connectivity index (χ4n) is 3.64. The monoisotopic (exact) mass is 421 g/mol. The van der Waals surface area contributed by atoms with Gasteiger partial charge in [-0.2, -0.15) is 10.2 Å². The quantitative estimate of drug-likeness (QED) is 0.467. The Hall–Kier alpha value is -3.12. The molecular formula is C23H24ClN5O. The van der Waals surface area contributed by atoms with E-state index < -0.39 is 0 Å². The van der Waals surface area contributed by atoms with Crippen LogP contribution in [0.5, 0.6) is 0 Å². The number of hydrogen-bond donors (Lipinski definition) is 1. The maximum Gasteiger partial charge on any atom is 0.226 e. The number of carbonyl (C=O) groups is 1. The lowest BCUT2D eigenvalue weighted by Gasteiger charge is -2.08. The van der Waals surface area contributed by atoms with Gasteiger partial charge in [-0.05, 0) is 38.0 Å². The van der Waals surface area contributed by atoms with Gasteiger partial charge in [-0.15, -0.1) is 0 Å². The van der Waals surface area contributed by atoms with Crippen molar-refractivity contribution >= 4 is 34.1 Å². The maximum absolute atomic E-state index is 12.6. The van der Waals surface area contributed by atoms with Gasteiger partial charge in [0.25, 0.3) is 0 Å². The van der Waals surface area contributed by atoms with Crippen molar-refractivity contribution in [1.29, 1.82) is 0 Å². The Balaban J connectivity index is 1.40. The Morgan fingerprint density at radius 3 is 2.50 bits per heavy atom. The van der Waals surface area contributed by atoms with Gasteiger partial charge in [-0.25, -0.2) is 0 Å². The third-order valence-corrected chi connectivity index (χ3v) is 5.54. The van der Waals surface area contributed by atoms with Gasteiger partial charge in [-0.1, -0.05) is 54.1 Å². The zero-order valence-electron chi connectivity index (χ0n) is 17.1. The van der Waals surface area contributed by atoms with Crippen molar-refractivity contribution in [2.24, 2.45) is 0 Å². The lowest BCUT2D eigenvalue weighted by molar-refractivity contribution is -0.116. The van der Waals surface area contributed by atoms with Gasteiger partial charge < -0.3 is 5.32 Å². The fraction of sp³-hybridized carbons (Fsp3) is 0.261. The molecule has 4 rings (SSSR count). The van der Waals surface area contributed by atoms with Crippen LogP contribution in [-0.2, 0) is 24.3 Å². The molecule has 1 amide bonds. The van der Waals surface area contributed by atoms with E-state index in [1.54, 1.807) is 4.68 Å². The van der Waals surface area contributed by atoms with Gasteiger partial charge in [0.05, 0.1) is 29.1 Å². The van der Waals surface area contributed by atoms with E-state index in [0.29, 0.717) is 18.1 Å². The van der Waals surface area contributed by atoms with Crippen LogP contribution in [0, 0.1) is 13.8 Å². The van der Waals surface area contributed by atoms with Crippen molar-refractivity contribution in [3.8, 4) is 0 Å².